The molecule has 13 heavy (non-hydrogen) atoms. The highest BCUT2D eigenvalue weighted by molar-refractivity contribution is 5.74. The number of rotatable bonds is 4. The van der Waals surface area contributed by atoms with Gasteiger partial charge >= 0.3 is 0 Å². The van der Waals surface area contributed by atoms with E-state index in [1.54, 1.807) is 0 Å². The van der Waals surface area contributed by atoms with Crippen molar-refractivity contribution in [3.8, 4) is 0 Å². The summed E-state index contributed by atoms with van der Waals surface area (Å²) < 4.78 is 0. The first-order chi connectivity index (χ1) is 6.12. The standard InChI is InChI=1S/C7H14N2.C4H10/c1-4-7(5-8)9-6(2)3;1-3-4-2/h4-6,8-9H,1-3H3;3-4H2,1-2H3/b7-4+,8-5?;. The number of hydrogen-bond acceptors (Lipinski definition) is 2. The Kier molecular flexibility index (Phi) is 12.7. The van der Waals surface area contributed by atoms with Crippen LogP contribution >= 0.6 is 0 Å². The van der Waals surface area contributed by atoms with Gasteiger partial charge in [-0.05, 0) is 20.8 Å². The van der Waals surface area contributed by atoms with Crippen molar-refractivity contribution in [2.24, 2.45) is 0 Å². The van der Waals surface area contributed by atoms with Crippen LogP contribution in [0, 0.1) is 5.41 Å². The molecule has 0 amide bonds. The second kappa shape index (κ2) is 11.2. The molecular formula is C11H24N2. The molecule has 2 heteroatoms. The van der Waals surface area contributed by atoms with Gasteiger partial charge in [0.05, 0.1) is 0 Å². The summed E-state index contributed by atoms with van der Waals surface area (Å²) in [6, 6.07) is 0.415. The molecule has 0 aromatic heterocycles. The van der Waals surface area contributed by atoms with Crippen LogP contribution in [0.5, 0.6) is 0 Å². The molecule has 0 saturated carbocycles. The Hall–Kier alpha value is -0.790. The molecule has 0 unspecified atom stereocenters. The highest BCUT2D eigenvalue weighted by Gasteiger charge is 1.91. The van der Waals surface area contributed by atoms with Crippen molar-refractivity contribution >= 4 is 6.21 Å². The molecular weight excluding hydrogens is 160 g/mol. The maximum Gasteiger partial charge on any atom is 0.0477 e. The van der Waals surface area contributed by atoms with Gasteiger partial charge in [-0.15, -0.1) is 0 Å². The summed E-state index contributed by atoms with van der Waals surface area (Å²) in [5, 5.41) is 9.99. The van der Waals surface area contributed by atoms with E-state index in [1.807, 2.05) is 26.8 Å². The van der Waals surface area contributed by atoms with E-state index in [-0.39, 0.29) is 0 Å². The smallest absolute Gasteiger partial charge is 0.0477 e. The second-order valence-corrected chi connectivity index (χ2v) is 3.19. The average Bonchev–Trinajstić information content (AvgIpc) is 2.14. The zero-order valence-electron chi connectivity index (χ0n) is 9.65. The van der Waals surface area contributed by atoms with Gasteiger partial charge in [0.15, 0.2) is 0 Å². The van der Waals surface area contributed by atoms with Crippen LogP contribution in [0.1, 0.15) is 47.5 Å². The van der Waals surface area contributed by atoms with Gasteiger partial charge in [-0.2, -0.15) is 0 Å². The van der Waals surface area contributed by atoms with Gasteiger partial charge in [0.1, 0.15) is 0 Å². The van der Waals surface area contributed by atoms with Crippen LogP contribution in [-0.4, -0.2) is 12.3 Å². The van der Waals surface area contributed by atoms with Crippen LogP contribution in [0.15, 0.2) is 11.8 Å². The highest BCUT2D eigenvalue weighted by Crippen LogP contribution is 1.85. The molecule has 0 aromatic rings. The van der Waals surface area contributed by atoms with Crippen molar-refractivity contribution in [3.63, 3.8) is 0 Å². The summed E-state index contributed by atoms with van der Waals surface area (Å²) in [6.07, 6.45) is 5.84. The summed E-state index contributed by atoms with van der Waals surface area (Å²) in [4.78, 5) is 0. The minimum atomic E-state index is 0.415. The van der Waals surface area contributed by atoms with Crippen molar-refractivity contribution in [3.05, 3.63) is 11.8 Å². The molecule has 0 rings (SSSR count). The van der Waals surface area contributed by atoms with Gasteiger partial charge in [0.25, 0.3) is 0 Å². The van der Waals surface area contributed by atoms with Crippen LogP contribution in [0.3, 0.4) is 0 Å². The largest absolute Gasteiger partial charge is 0.382 e. The van der Waals surface area contributed by atoms with E-state index in [4.69, 9.17) is 5.41 Å². The van der Waals surface area contributed by atoms with Crippen LogP contribution in [-0.2, 0) is 0 Å². The Morgan fingerprint density at radius 2 is 1.77 bits per heavy atom. The van der Waals surface area contributed by atoms with E-state index in [0.29, 0.717) is 6.04 Å². The Morgan fingerprint density at radius 3 is 1.85 bits per heavy atom. The first kappa shape index (κ1) is 14.7. The molecule has 2 N–H and O–H groups in total. The topological polar surface area (TPSA) is 35.9 Å². The predicted molar refractivity (Wildman–Crippen MR) is 61.4 cm³/mol. The second-order valence-electron chi connectivity index (χ2n) is 3.19. The predicted octanol–water partition coefficient (Wildman–Crippen LogP) is 3.34. The van der Waals surface area contributed by atoms with E-state index < -0.39 is 0 Å². The average molecular weight is 184 g/mol. The van der Waals surface area contributed by atoms with E-state index in [9.17, 15) is 0 Å². The summed E-state index contributed by atoms with van der Waals surface area (Å²) in [7, 11) is 0. The molecule has 0 saturated heterocycles. The maximum absolute atomic E-state index is 6.90. The molecule has 0 aliphatic carbocycles. The zero-order valence-corrected chi connectivity index (χ0v) is 9.65. The third-order valence-electron chi connectivity index (χ3n) is 1.42. The molecule has 0 aromatic carbocycles. The van der Waals surface area contributed by atoms with Crippen molar-refractivity contribution < 1.29 is 0 Å². The summed E-state index contributed by atoms with van der Waals surface area (Å²) >= 11 is 0. The molecule has 0 atom stereocenters. The van der Waals surface area contributed by atoms with Crippen molar-refractivity contribution in [2.75, 3.05) is 0 Å². The molecule has 0 heterocycles. The fourth-order valence-electron chi connectivity index (χ4n) is 0.542. The zero-order chi connectivity index (χ0) is 10.7. The number of nitrogens with one attached hydrogen (secondary N) is 2. The van der Waals surface area contributed by atoms with Crippen LogP contribution < -0.4 is 5.32 Å². The molecule has 0 spiro atoms. The molecule has 0 aliphatic heterocycles. The SMILES string of the molecule is C/C=C(\C=N)NC(C)C.CCCC. The van der Waals surface area contributed by atoms with Gasteiger partial charge in [0.2, 0.25) is 0 Å². The third-order valence-corrected chi connectivity index (χ3v) is 1.42. The lowest BCUT2D eigenvalue weighted by molar-refractivity contribution is 0.688. The van der Waals surface area contributed by atoms with Crippen LogP contribution in [0.4, 0.5) is 0 Å². The van der Waals surface area contributed by atoms with Gasteiger partial charge < -0.3 is 10.7 Å². The number of hydrogen-bond donors (Lipinski definition) is 2. The minimum absolute atomic E-state index is 0.415. The Balaban J connectivity index is 0. The molecule has 2 nitrogen and oxygen atoms in total. The quantitative estimate of drug-likeness (QED) is 0.646. The van der Waals surface area contributed by atoms with Crippen molar-refractivity contribution in [2.45, 2.75) is 53.5 Å². The van der Waals surface area contributed by atoms with E-state index in [2.05, 4.69) is 19.2 Å². The highest BCUT2D eigenvalue weighted by atomic mass is 14.9. The molecule has 0 aliphatic rings. The van der Waals surface area contributed by atoms with Gasteiger partial charge in [-0.3, -0.25) is 0 Å². The van der Waals surface area contributed by atoms with Crippen molar-refractivity contribution in [1.29, 1.82) is 5.41 Å². The summed E-state index contributed by atoms with van der Waals surface area (Å²) in [5.41, 5.74) is 0.880. The number of unbranched alkanes of at least 4 members (excludes halogenated alkanes) is 1. The maximum atomic E-state index is 6.90. The monoisotopic (exact) mass is 184 g/mol. The fraction of sp³-hybridized carbons (Fsp3) is 0.727. The normalized spacial score (nSPS) is 10.5. The molecule has 0 radical (unpaired) electrons. The van der Waals surface area contributed by atoms with Gasteiger partial charge in [0, 0.05) is 18.0 Å². The fourth-order valence-corrected chi connectivity index (χ4v) is 0.542. The minimum Gasteiger partial charge on any atom is -0.382 e. The van der Waals surface area contributed by atoms with Gasteiger partial charge in [-0.1, -0.05) is 32.8 Å². The first-order valence-electron chi connectivity index (χ1n) is 5.05. The van der Waals surface area contributed by atoms with Crippen LogP contribution in [0.2, 0.25) is 0 Å². The van der Waals surface area contributed by atoms with E-state index in [1.165, 1.54) is 19.1 Å². The van der Waals surface area contributed by atoms with Gasteiger partial charge in [-0.25, -0.2) is 0 Å². The van der Waals surface area contributed by atoms with E-state index >= 15 is 0 Å². The van der Waals surface area contributed by atoms with Crippen LogP contribution in [0.25, 0.3) is 0 Å². The number of allylic oxidation sites excluding steroid dienone is 2. The molecule has 0 bridgehead atoms. The first-order valence-corrected chi connectivity index (χ1v) is 5.05. The summed E-state index contributed by atoms with van der Waals surface area (Å²) in [5.74, 6) is 0. The lowest BCUT2D eigenvalue weighted by Crippen LogP contribution is -2.22. The Labute approximate surface area is 82.9 Å². The van der Waals surface area contributed by atoms with Crippen molar-refractivity contribution in [1.82, 2.24) is 5.32 Å². The third kappa shape index (κ3) is 14.1. The molecule has 78 valence electrons. The van der Waals surface area contributed by atoms with E-state index in [0.717, 1.165) is 5.70 Å². The lowest BCUT2D eigenvalue weighted by Gasteiger charge is -2.08. The Morgan fingerprint density at radius 1 is 1.31 bits per heavy atom. The lowest BCUT2D eigenvalue weighted by atomic mass is 10.3. The summed E-state index contributed by atoms with van der Waals surface area (Å²) in [6.45, 7) is 10.4. The molecule has 0 fully saturated rings. The Bertz CT molecular complexity index is 135.